The van der Waals surface area contributed by atoms with E-state index in [9.17, 15) is 27.6 Å². The summed E-state index contributed by atoms with van der Waals surface area (Å²) in [5.74, 6) is -5.83. The molecule has 1 aromatic heterocycles. The Hall–Kier alpha value is -4.12. The number of carbonyl (C=O) groups is 3. The average Bonchev–Trinajstić information content (AvgIpc) is 3.14. The van der Waals surface area contributed by atoms with Crippen molar-refractivity contribution in [1.29, 1.82) is 0 Å². The molecular formula is C23H14BrF3N4O3. The first-order valence-electron chi connectivity index (χ1n) is 9.67. The highest BCUT2D eigenvalue weighted by Gasteiger charge is 2.22. The molecule has 0 fully saturated rings. The summed E-state index contributed by atoms with van der Waals surface area (Å²) in [5, 5.41) is 4.98. The van der Waals surface area contributed by atoms with Crippen LogP contribution in [0.25, 0.3) is 10.9 Å². The number of benzene rings is 3. The fourth-order valence-corrected chi connectivity index (χ4v) is 3.52. The topological polar surface area (TPSA) is 92.2 Å². The van der Waals surface area contributed by atoms with Crippen LogP contribution in [0, 0.1) is 17.5 Å². The summed E-state index contributed by atoms with van der Waals surface area (Å²) in [6.07, 6.45) is 0. The van der Waals surface area contributed by atoms with E-state index in [4.69, 9.17) is 0 Å². The molecule has 3 aromatic carbocycles. The van der Waals surface area contributed by atoms with Gasteiger partial charge in [-0.1, -0.05) is 28.1 Å². The second kappa shape index (κ2) is 9.40. The quantitative estimate of drug-likeness (QED) is 0.331. The molecule has 4 aromatic rings. The molecule has 0 atom stereocenters. The van der Waals surface area contributed by atoms with Gasteiger partial charge >= 0.3 is 11.8 Å². The number of hydrogen-bond acceptors (Lipinski definition) is 3. The van der Waals surface area contributed by atoms with Crippen molar-refractivity contribution in [2.45, 2.75) is 0 Å². The van der Waals surface area contributed by atoms with Crippen molar-refractivity contribution < 1.29 is 27.6 Å². The van der Waals surface area contributed by atoms with Gasteiger partial charge in [0.1, 0.15) is 23.1 Å². The maximum atomic E-state index is 14.0. The maximum Gasteiger partial charge on any atom is 0.328 e. The van der Waals surface area contributed by atoms with Gasteiger partial charge < -0.3 is 10.6 Å². The zero-order valence-corrected chi connectivity index (χ0v) is 18.6. The Kier molecular flexibility index (Phi) is 6.37. The lowest BCUT2D eigenvalue weighted by molar-refractivity contribution is -0.133. The number of carbonyl (C=O) groups excluding carboxylic acids is 3. The summed E-state index contributed by atoms with van der Waals surface area (Å²) in [5.41, 5.74) is 2.05. The summed E-state index contributed by atoms with van der Waals surface area (Å²) < 4.78 is 42.6. The maximum absolute atomic E-state index is 14.0. The molecule has 34 heavy (non-hydrogen) atoms. The third-order valence-corrected chi connectivity index (χ3v) is 5.21. The summed E-state index contributed by atoms with van der Waals surface area (Å²) in [6.45, 7) is 0. The predicted molar refractivity (Wildman–Crippen MR) is 123 cm³/mol. The van der Waals surface area contributed by atoms with Crippen LogP contribution < -0.4 is 16.1 Å². The number of anilines is 2. The monoisotopic (exact) mass is 530 g/mol. The first kappa shape index (κ1) is 23.1. The number of nitrogens with zero attached hydrogens (tertiary/aromatic N) is 1. The minimum Gasteiger partial charge on any atom is -0.318 e. The number of para-hydroxylation sites is 1. The second-order valence-corrected chi connectivity index (χ2v) is 7.94. The smallest absolute Gasteiger partial charge is 0.318 e. The predicted octanol–water partition coefficient (Wildman–Crippen LogP) is 4.78. The third kappa shape index (κ3) is 4.79. The van der Waals surface area contributed by atoms with Gasteiger partial charge in [0.25, 0.3) is 5.91 Å². The SMILES string of the molecule is O=C(Nc1ccc(F)cc1F)C(=O)Nn1c(C(=O)Nc2ccccc2F)cc2cc(Br)ccc21. The molecule has 0 aliphatic carbocycles. The van der Waals surface area contributed by atoms with Crippen LogP contribution in [0.1, 0.15) is 10.5 Å². The lowest BCUT2D eigenvalue weighted by Gasteiger charge is -2.13. The summed E-state index contributed by atoms with van der Waals surface area (Å²) in [6, 6.07) is 14.3. The molecule has 0 saturated carbocycles. The summed E-state index contributed by atoms with van der Waals surface area (Å²) in [7, 11) is 0. The van der Waals surface area contributed by atoms with Crippen molar-refractivity contribution in [1.82, 2.24) is 4.68 Å². The molecule has 11 heteroatoms. The van der Waals surface area contributed by atoms with E-state index in [1.165, 1.54) is 30.3 Å². The highest BCUT2D eigenvalue weighted by molar-refractivity contribution is 9.10. The Bertz CT molecular complexity index is 1450. The van der Waals surface area contributed by atoms with E-state index in [0.29, 0.717) is 21.4 Å². The fraction of sp³-hybridized carbons (Fsp3) is 0. The zero-order valence-electron chi connectivity index (χ0n) is 17.0. The number of aromatic nitrogens is 1. The normalized spacial score (nSPS) is 10.7. The zero-order chi connectivity index (χ0) is 24.4. The van der Waals surface area contributed by atoms with Gasteiger partial charge in [0.05, 0.1) is 16.9 Å². The molecule has 3 N–H and O–H groups in total. The average molecular weight is 531 g/mol. The van der Waals surface area contributed by atoms with Crippen molar-refractivity contribution >= 4 is 55.9 Å². The van der Waals surface area contributed by atoms with Crippen LogP contribution in [0.3, 0.4) is 0 Å². The molecule has 0 spiro atoms. The molecule has 0 aliphatic rings. The van der Waals surface area contributed by atoms with Crippen LogP contribution in [0.5, 0.6) is 0 Å². The van der Waals surface area contributed by atoms with E-state index in [-0.39, 0.29) is 11.4 Å². The van der Waals surface area contributed by atoms with Gasteiger partial charge in [-0.2, -0.15) is 0 Å². The van der Waals surface area contributed by atoms with Crippen LogP contribution in [-0.2, 0) is 9.59 Å². The van der Waals surface area contributed by atoms with Crippen LogP contribution in [0.15, 0.2) is 71.2 Å². The van der Waals surface area contributed by atoms with Gasteiger partial charge in [0.15, 0.2) is 0 Å². The van der Waals surface area contributed by atoms with Crippen molar-refractivity contribution in [3.8, 4) is 0 Å². The largest absolute Gasteiger partial charge is 0.328 e. The number of amides is 3. The van der Waals surface area contributed by atoms with E-state index in [1.54, 1.807) is 18.2 Å². The lowest BCUT2D eigenvalue weighted by Crippen LogP contribution is -2.36. The molecule has 0 aliphatic heterocycles. The van der Waals surface area contributed by atoms with E-state index in [1.807, 2.05) is 5.32 Å². The number of halogens is 4. The van der Waals surface area contributed by atoms with Gasteiger partial charge in [0, 0.05) is 15.9 Å². The Balaban J connectivity index is 1.64. The van der Waals surface area contributed by atoms with Crippen molar-refractivity contribution in [3.63, 3.8) is 0 Å². The standard InChI is InChI=1S/C23H14BrF3N4O3/c24-13-5-8-19-12(9-13)10-20(21(32)28-17-4-2-1-3-15(17)26)31(19)30-23(34)22(33)29-18-7-6-14(25)11-16(18)27/h1-11H,(H,28,32)(H,29,33)(H,30,34). The Labute approximate surface area is 198 Å². The Morgan fingerprint density at radius 2 is 1.50 bits per heavy atom. The minimum atomic E-state index is -1.26. The first-order valence-corrected chi connectivity index (χ1v) is 10.5. The molecule has 0 saturated heterocycles. The highest BCUT2D eigenvalue weighted by Crippen LogP contribution is 2.24. The summed E-state index contributed by atoms with van der Waals surface area (Å²) in [4.78, 5) is 37.8. The van der Waals surface area contributed by atoms with E-state index >= 15 is 0 Å². The number of nitrogens with one attached hydrogen (secondary N) is 3. The molecule has 0 radical (unpaired) electrons. The minimum absolute atomic E-state index is 0.0821. The van der Waals surface area contributed by atoms with Crippen molar-refractivity contribution in [2.75, 3.05) is 16.1 Å². The molecule has 7 nitrogen and oxygen atoms in total. The number of fused-ring (bicyclic) bond motifs is 1. The first-order chi connectivity index (χ1) is 16.2. The van der Waals surface area contributed by atoms with Gasteiger partial charge in [-0.05, 0) is 48.5 Å². The second-order valence-electron chi connectivity index (χ2n) is 7.02. The molecule has 3 amide bonds. The molecule has 1 heterocycles. The highest BCUT2D eigenvalue weighted by atomic mass is 79.9. The molecular weight excluding hydrogens is 517 g/mol. The molecule has 0 unspecified atom stereocenters. The Morgan fingerprint density at radius 3 is 2.24 bits per heavy atom. The van der Waals surface area contributed by atoms with Gasteiger partial charge in [-0.3, -0.25) is 19.8 Å². The number of rotatable bonds is 4. The third-order valence-electron chi connectivity index (χ3n) is 4.72. The van der Waals surface area contributed by atoms with Gasteiger partial charge in [-0.25, -0.2) is 17.8 Å². The molecule has 0 bridgehead atoms. The van der Waals surface area contributed by atoms with Crippen molar-refractivity contribution in [2.24, 2.45) is 0 Å². The van der Waals surface area contributed by atoms with Crippen LogP contribution in [0.2, 0.25) is 0 Å². The van der Waals surface area contributed by atoms with Gasteiger partial charge in [0.2, 0.25) is 0 Å². The molecule has 4 rings (SSSR count). The van der Waals surface area contributed by atoms with Gasteiger partial charge in [-0.15, -0.1) is 0 Å². The van der Waals surface area contributed by atoms with E-state index in [0.717, 1.165) is 16.8 Å². The van der Waals surface area contributed by atoms with E-state index < -0.39 is 40.9 Å². The molecule has 172 valence electrons. The van der Waals surface area contributed by atoms with Crippen molar-refractivity contribution in [3.05, 3.63) is 94.3 Å². The van der Waals surface area contributed by atoms with Crippen LogP contribution in [-0.4, -0.2) is 22.4 Å². The van der Waals surface area contributed by atoms with Crippen LogP contribution in [0.4, 0.5) is 24.5 Å². The number of hydrogen-bond donors (Lipinski definition) is 3. The summed E-state index contributed by atoms with van der Waals surface area (Å²) >= 11 is 3.32. The van der Waals surface area contributed by atoms with Crippen LogP contribution >= 0.6 is 15.9 Å². The van der Waals surface area contributed by atoms with E-state index in [2.05, 4.69) is 26.7 Å². The fourth-order valence-electron chi connectivity index (χ4n) is 3.14. The lowest BCUT2D eigenvalue weighted by atomic mass is 10.2. The Morgan fingerprint density at radius 1 is 0.765 bits per heavy atom.